The van der Waals surface area contributed by atoms with E-state index in [1.807, 2.05) is 0 Å². The highest BCUT2D eigenvalue weighted by atomic mass is 35.5. The molecule has 3 rings (SSSR count). The normalized spacial score (nSPS) is 11.3. The molecule has 0 fully saturated rings. The van der Waals surface area contributed by atoms with Crippen LogP contribution in [0.4, 0.5) is 10.8 Å². The fraction of sp³-hybridized carbons (Fsp3) is 0.118. The van der Waals surface area contributed by atoms with E-state index < -0.39 is 22.5 Å². The van der Waals surface area contributed by atoms with Crippen molar-refractivity contribution in [1.82, 2.24) is 10.2 Å². The number of halogens is 3. The zero-order valence-electron chi connectivity index (χ0n) is 14.8. The Morgan fingerprint density at radius 3 is 2.38 bits per heavy atom. The highest BCUT2D eigenvalue weighted by Crippen LogP contribution is 2.31. The Morgan fingerprint density at radius 2 is 1.72 bits per heavy atom. The molecule has 0 saturated carbocycles. The number of aromatic nitrogens is 2. The van der Waals surface area contributed by atoms with Gasteiger partial charge in [-0.05, 0) is 30.3 Å². The molecule has 1 heterocycles. The van der Waals surface area contributed by atoms with E-state index in [4.69, 9.17) is 34.8 Å². The van der Waals surface area contributed by atoms with Gasteiger partial charge in [-0.2, -0.15) is 0 Å². The smallest absolute Gasteiger partial charge is 0.246 e. The summed E-state index contributed by atoms with van der Waals surface area (Å²) in [7, 11) is -3.80. The van der Waals surface area contributed by atoms with Crippen molar-refractivity contribution >= 4 is 72.9 Å². The van der Waals surface area contributed by atoms with Gasteiger partial charge >= 0.3 is 0 Å². The molecule has 1 amide bonds. The van der Waals surface area contributed by atoms with Crippen LogP contribution in [0.25, 0.3) is 10.6 Å². The molecule has 0 atom stereocenters. The molecule has 3 aromatic rings. The molecule has 0 spiro atoms. The molecule has 0 radical (unpaired) electrons. The van der Waals surface area contributed by atoms with Crippen molar-refractivity contribution < 1.29 is 13.2 Å². The first-order valence-electron chi connectivity index (χ1n) is 7.95. The van der Waals surface area contributed by atoms with E-state index in [-0.39, 0.29) is 20.9 Å². The second-order valence-electron chi connectivity index (χ2n) is 5.83. The molecule has 0 saturated heterocycles. The quantitative estimate of drug-likeness (QED) is 0.545. The number of anilines is 2. The van der Waals surface area contributed by atoms with Crippen LogP contribution in [0.3, 0.4) is 0 Å². The maximum atomic E-state index is 12.5. The van der Waals surface area contributed by atoms with E-state index in [9.17, 15) is 13.2 Å². The van der Waals surface area contributed by atoms with Gasteiger partial charge in [0.15, 0.2) is 0 Å². The number of rotatable bonds is 6. The van der Waals surface area contributed by atoms with Crippen LogP contribution < -0.4 is 9.62 Å². The molecule has 0 aliphatic heterocycles. The van der Waals surface area contributed by atoms with Gasteiger partial charge in [-0.25, -0.2) is 8.42 Å². The summed E-state index contributed by atoms with van der Waals surface area (Å²) < 4.78 is 25.3. The first-order chi connectivity index (χ1) is 13.6. The predicted molar refractivity (Wildman–Crippen MR) is 118 cm³/mol. The van der Waals surface area contributed by atoms with E-state index in [1.165, 1.54) is 18.2 Å². The third kappa shape index (κ3) is 5.58. The van der Waals surface area contributed by atoms with E-state index >= 15 is 0 Å². The van der Waals surface area contributed by atoms with Gasteiger partial charge in [0.2, 0.25) is 21.1 Å². The Labute approximate surface area is 186 Å². The van der Waals surface area contributed by atoms with Crippen molar-refractivity contribution in [2.24, 2.45) is 0 Å². The Kier molecular flexibility index (Phi) is 6.65. The molecule has 1 aromatic heterocycles. The zero-order chi connectivity index (χ0) is 21.2. The lowest BCUT2D eigenvalue weighted by atomic mass is 10.2. The largest absolute Gasteiger partial charge is 0.299 e. The number of hydrogen-bond acceptors (Lipinski definition) is 6. The molecule has 0 aliphatic rings. The third-order valence-electron chi connectivity index (χ3n) is 3.63. The number of sulfonamides is 1. The summed E-state index contributed by atoms with van der Waals surface area (Å²) in [6, 6.07) is 11.3. The van der Waals surface area contributed by atoms with E-state index in [0.717, 1.165) is 27.5 Å². The number of amides is 1. The summed E-state index contributed by atoms with van der Waals surface area (Å²) >= 11 is 19.1. The Balaban J connectivity index is 1.78. The van der Waals surface area contributed by atoms with Gasteiger partial charge in [0.25, 0.3) is 0 Å². The van der Waals surface area contributed by atoms with Gasteiger partial charge in [-0.15, -0.1) is 10.2 Å². The van der Waals surface area contributed by atoms with Gasteiger partial charge in [0.1, 0.15) is 11.6 Å². The summed E-state index contributed by atoms with van der Waals surface area (Å²) in [5.74, 6) is -0.606. The summed E-state index contributed by atoms with van der Waals surface area (Å²) in [5, 5.41) is 12.3. The maximum absolute atomic E-state index is 12.5. The SMILES string of the molecule is CS(=O)(=O)N(CC(=O)Nc1nnc(-c2ccc(Cl)cc2)s1)c1cc(Cl)ccc1Cl. The summed E-state index contributed by atoms with van der Waals surface area (Å²) in [6.07, 6.45) is 0.973. The highest BCUT2D eigenvalue weighted by Gasteiger charge is 2.24. The molecule has 0 bridgehead atoms. The second kappa shape index (κ2) is 8.85. The van der Waals surface area contributed by atoms with Crippen molar-refractivity contribution in [3.8, 4) is 10.6 Å². The third-order valence-corrected chi connectivity index (χ3v) is 6.45. The lowest BCUT2D eigenvalue weighted by Gasteiger charge is -2.22. The maximum Gasteiger partial charge on any atom is 0.246 e. The van der Waals surface area contributed by atoms with Crippen LogP contribution in [-0.2, 0) is 14.8 Å². The molecule has 1 N–H and O–H groups in total. The minimum Gasteiger partial charge on any atom is -0.299 e. The summed E-state index contributed by atoms with van der Waals surface area (Å²) in [4.78, 5) is 12.5. The van der Waals surface area contributed by atoms with Crippen molar-refractivity contribution in [2.75, 3.05) is 22.4 Å². The van der Waals surface area contributed by atoms with Gasteiger partial charge < -0.3 is 0 Å². The standard InChI is InChI=1S/C17H13Cl3N4O3S2/c1-29(26,27)24(14-8-12(19)6-7-13(14)20)9-15(25)21-17-23-22-16(28-17)10-2-4-11(18)5-3-10/h2-8H,9H2,1H3,(H,21,23,25). The van der Waals surface area contributed by atoms with Gasteiger partial charge in [-0.1, -0.05) is 58.3 Å². The average molecular weight is 492 g/mol. The second-order valence-corrected chi connectivity index (χ2v) is 10.00. The number of benzene rings is 2. The molecular weight excluding hydrogens is 479 g/mol. The average Bonchev–Trinajstić information content (AvgIpc) is 3.10. The zero-order valence-corrected chi connectivity index (χ0v) is 18.7. The molecule has 0 aliphatic carbocycles. The minimum atomic E-state index is -3.80. The minimum absolute atomic E-state index is 0.107. The van der Waals surface area contributed by atoms with Gasteiger partial charge in [-0.3, -0.25) is 14.4 Å². The first kappa shape index (κ1) is 21.8. The van der Waals surface area contributed by atoms with E-state index in [1.54, 1.807) is 24.3 Å². The van der Waals surface area contributed by atoms with Gasteiger partial charge in [0, 0.05) is 15.6 Å². The van der Waals surface area contributed by atoms with Crippen molar-refractivity contribution in [3.63, 3.8) is 0 Å². The number of nitrogens with zero attached hydrogens (tertiary/aromatic N) is 3. The van der Waals surface area contributed by atoms with Crippen LogP contribution in [-0.4, -0.2) is 37.3 Å². The van der Waals surface area contributed by atoms with Crippen LogP contribution in [0.5, 0.6) is 0 Å². The van der Waals surface area contributed by atoms with Crippen LogP contribution in [0.1, 0.15) is 0 Å². The highest BCUT2D eigenvalue weighted by molar-refractivity contribution is 7.92. The molecule has 0 unspecified atom stereocenters. The molecule has 12 heteroatoms. The Bertz CT molecular complexity index is 1150. The Morgan fingerprint density at radius 1 is 1.07 bits per heavy atom. The fourth-order valence-electron chi connectivity index (χ4n) is 2.33. The van der Waals surface area contributed by atoms with E-state index in [2.05, 4.69) is 15.5 Å². The van der Waals surface area contributed by atoms with Crippen LogP contribution >= 0.6 is 46.1 Å². The molecule has 7 nitrogen and oxygen atoms in total. The lowest BCUT2D eigenvalue weighted by molar-refractivity contribution is -0.114. The molecule has 2 aromatic carbocycles. The monoisotopic (exact) mass is 490 g/mol. The number of nitrogens with one attached hydrogen (secondary N) is 1. The van der Waals surface area contributed by atoms with Crippen molar-refractivity contribution in [3.05, 3.63) is 57.5 Å². The number of carbonyl (C=O) groups is 1. The fourth-order valence-corrected chi connectivity index (χ4v) is 4.52. The van der Waals surface area contributed by atoms with Crippen molar-refractivity contribution in [1.29, 1.82) is 0 Å². The lowest BCUT2D eigenvalue weighted by Crippen LogP contribution is -2.37. The Hall–Kier alpha value is -1.91. The number of carbonyl (C=O) groups excluding carboxylic acids is 1. The van der Waals surface area contributed by atoms with Crippen LogP contribution in [0, 0.1) is 0 Å². The molecule has 29 heavy (non-hydrogen) atoms. The number of hydrogen-bond donors (Lipinski definition) is 1. The topological polar surface area (TPSA) is 92.3 Å². The van der Waals surface area contributed by atoms with Gasteiger partial charge in [0.05, 0.1) is 17.0 Å². The van der Waals surface area contributed by atoms with Crippen LogP contribution in [0.2, 0.25) is 15.1 Å². The van der Waals surface area contributed by atoms with E-state index in [0.29, 0.717) is 10.0 Å². The predicted octanol–water partition coefficient (Wildman–Crippen LogP) is 4.57. The molecule has 152 valence electrons. The van der Waals surface area contributed by atoms with Crippen molar-refractivity contribution in [2.45, 2.75) is 0 Å². The van der Waals surface area contributed by atoms with Crippen LogP contribution in [0.15, 0.2) is 42.5 Å². The summed E-state index contributed by atoms with van der Waals surface area (Å²) in [5.41, 5.74) is 0.895. The first-order valence-corrected chi connectivity index (χ1v) is 11.8. The summed E-state index contributed by atoms with van der Waals surface area (Å²) in [6.45, 7) is -0.505. The molecular formula is C17H13Cl3N4O3S2.